The first-order chi connectivity index (χ1) is 13.9. The van der Waals surface area contributed by atoms with Crippen molar-refractivity contribution in [3.05, 3.63) is 0 Å². The molecule has 172 valence electrons. The van der Waals surface area contributed by atoms with E-state index in [9.17, 15) is 19.8 Å². The second-order valence-electron chi connectivity index (χ2n) is 7.26. The number of rotatable bonds is 16. The third-order valence-electron chi connectivity index (χ3n) is 4.43. The van der Waals surface area contributed by atoms with Gasteiger partial charge in [0.15, 0.2) is 0 Å². The van der Waals surface area contributed by atoms with Gasteiger partial charge in [-0.2, -0.15) is 25.3 Å². The molecular formula is C22H44O4S2Sn. The number of aliphatic carboxylic acids is 2. The van der Waals surface area contributed by atoms with Crippen LogP contribution in [0.15, 0.2) is 0 Å². The summed E-state index contributed by atoms with van der Waals surface area (Å²) in [6.07, 6.45) is 11.8. The Labute approximate surface area is 201 Å². The summed E-state index contributed by atoms with van der Waals surface area (Å²) in [5, 5.41) is 21.2. The van der Waals surface area contributed by atoms with Crippen LogP contribution in [0.1, 0.15) is 90.9 Å². The summed E-state index contributed by atoms with van der Waals surface area (Å²) in [4.78, 5) is 25.8. The van der Waals surface area contributed by atoms with Gasteiger partial charge in [-0.05, 0) is 49.0 Å². The molecule has 0 aliphatic rings. The molecule has 2 unspecified atom stereocenters. The van der Waals surface area contributed by atoms with Gasteiger partial charge in [-0.15, -0.1) is 0 Å². The standard InChI is InChI=1S/2C10H20O2S.2CH3.Sn/c2*1-2-3-4-5-6-9(7-8-13)10(11)12;;;/h2*9,13H,2-8H2,1H3,(H,11,12);2*1H3;/q;;;;+2/p-2. The number of carbonyl (C=O) groups excluding carboxylic acids is 2. The van der Waals surface area contributed by atoms with Gasteiger partial charge in [0.1, 0.15) is 0 Å². The Balaban J connectivity index is -0.000000410. The normalized spacial score (nSPS) is 11.8. The van der Waals surface area contributed by atoms with Crippen LogP contribution in [0.3, 0.4) is 0 Å². The Hall–Kier alpha value is 0.439. The van der Waals surface area contributed by atoms with Gasteiger partial charge in [0, 0.05) is 11.9 Å². The second kappa shape index (κ2) is 28.4. The van der Waals surface area contributed by atoms with Gasteiger partial charge < -0.3 is 19.8 Å². The third-order valence-corrected chi connectivity index (χ3v) is 4.95. The Kier molecular flexibility index (Phi) is 33.4. The van der Waals surface area contributed by atoms with Gasteiger partial charge in [-0.25, -0.2) is 0 Å². The quantitative estimate of drug-likeness (QED) is 0.171. The average Bonchev–Trinajstić information content (AvgIpc) is 2.67. The number of carboxylic acids is 2. The molecule has 0 heterocycles. The zero-order chi connectivity index (χ0) is 22.9. The molecule has 0 N–H and O–H groups in total. The Morgan fingerprint density at radius 1 is 0.690 bits per heavy atom. The number of carboxylic acid groups (broad SMARTS) is 2. The molecule has 0 aromatic heterocycles. The molecule has 7 heteroatoms. The molecule has 0 aromatic carbocycles. The van der Waals surface area contributed by atoms with Gasteiger partial charge in [0.2, 0.25) is 0 Å². The van der Waals surface area contributed by atoms with Gasteiger partial charge in [-0.1, -0.05) is 65.2 Å². The van der Waals surface area contributed by atoms with Crippen LogP contribution in [-0.4, -0.2) is 44.6 Å². The SMILES string of the molecule is CCCCCCC(CCS)C(=O)[O-].CCCCCCC(CCS)C(=O)[O-].[CH3][Sn+2][CH3]. The van der Waals surface area contributed by atoms with E-state index in [4.69, 9.17) is 0 Å². The third kappa shape index (κ3) is 28.4. The molecule has 0 bridgehead atoms. The van der Waals surface area contributed by atoms with Gasteiger partial charge in [0.05, 0.1) is 0 Å². The average molecular weight is 555 g/mol. The van der Waals surface area contributed by atoms with Crippen LogP contribution in [0.5, 0.6) is 0 Å². The molecule has 0 saturated heterocycles. The fraction of sp³-hybridized carbons (Fsp3) is 0.909. The number of hydrogen-bond acceptors (Lipinski definition) is 6. The molecule has 0 aromatic rings. The van der Waals surface area contributed by atoms with Crippen LogP contribution >= 0.6 is 25.3 Å². The first-order valence-corrected chi connectivity index (χ1v) is 18.0. The van der Waals surface area contributed by atoms with E-state index in [1.807, 2.05) is 0 Å². The van der Waals surface area contributed by atoms with Crippen LogP contribution in [-0.2, 0) is 9.59 Å². The minimum atomic E-state index is -0.912. The molecule has 0 aliphatic heterocycles. The topological polar surface area (TPSA) is 80.3 Å². The van der Waals surface area contributed by atoms with Crippen LogP contribution < -0.4 is 10.2 Å². The molecule has 0 fully saturated rings. The molecule has 4 nitrogen and oxygen atoms in total. The first-order valence-electron chi connectivity index (χ1n) is 11.1. The molecule has 0 rings (SSSR count). The van der Waals surface area contributed by atoms with Crippen molar-refractivity contribution in [2.45, 2.75) is 101 Å². The fourth-order valence-electron chi connectivity index (χ4n) is 2.71. The predicted octanol–water partition coefficient (Wildman–Crippen LogP) is 4.07. The van der Waals surface area contributed by atoms with Crippen LogP contribution in [0, 0.1) is 11.8 Å². The number of unbranched alkanes of at least 4 members (excludes halogenated alkanes) is 6. The van der Waals surface area contributed by atoms with E-state index in [-0.39, 0.29) is 33.0 Å². The predicted molar refractivity (Wildman–Crippen MR) is 129 cm³/mol. The Bertz CT molecular complexity index is 326. The van der Waals surface area contributed by atoms with Crippen molar-refractivity contribution in [3.63, 3.8) is 0 Å². The Morgan fingerprint density at radius 3 is 1.21 bits per heavy atom. The van der Waals surface area contributed by atoms with E-state index in [1.165, 1.54) is 25.7 Å². The summed E-state index contributed by atoms with van der Waals surface area (Å²) >= 11 is 8.28. The molecule has 0 saturated carbocycles. The van der Waals surface area contributed by atoms with Crippen LogP contribution in [0.2, 0.25) is 9.88 Å². The van der Waals surface area contributed by atoms with Crippen molar-refractivity contribution in [2.24, 2.45) is 11.8 Å². The summed E-state index contributed by atoms with van der Waals surface area (Å²) in [6.45, 7) is 4.29. The summed E-state index contributed by atoms with van der Waals surface area (Å²) in [6, 6.07) is 0. The van der Waals surface area contributed by atoms with E-state index >= 15 is 0 Å². The molecular weight excluding hydrogens is 511 g/mol. The fourth-order valence-corrected chi connectivity index (χ4v) is 3.33. The van der Waals surface area contributed by atoms with Gasteiger partial charge >= 0.3 is 31.0 Å². The summed E-state index contributed by atoms with van der Waals surface area (Å²) in [5.74, 6) is -1.13. The van der Waals surface area contributed by atoms with Crippen LogP contribution in [0.4, 0.5) is 0 Å². The zero-order valence-electron chi connectivity index (χ0n) is 19.1. The first kappa shape index (κ1) is 34.1. The van der Waals surface area contributed by atoms with E-state index in [1.54, 1.807) is 0 Å². The second-order valence-corrected chi connectivity index (χ2v) is 11.0. The Morgan fingerprint density at radius 2 is 1.00 bits per heavy atom. The van der Waals surface area contributed by atoms with E-state index < -0.39 is 11.9 Å². The van der Waals surface area contributed by atoms with E-state index in [2.05, 4.69) is 49.0 Å². The monoisotopic (exact) mass is 556 g/mol. The molecule has 2 atom stereocenters. The molecule has 0 spiro atoms. The maximum absolute atomic E-state index is 10.6. The van der Waals surface area contributed by atoms with E-state index in [0.717, 1.165) is 38.5 Å². The number of hydrogen-bond donors (Lipinski definition) is 2. The van der Waals surface area contributed by atoms with Gasteiger partial charge in [-0.3, -0.25) is 0 Å². The molecule has 0 aliphatic carbocycles. The summed E-state index contributed by atoms with van der Waals surface area (Å²) in [5.41, 5.74) is 0. The maximum atomic E-state index is 10.6. The summed E-state index contributed by atoms with van der Waals surface area (Å²) < 4.78 is 0. The number of carbonyl (C=O) groups is 2. The molecule has 0 radical (unpaired) electrons. The van der Waals surface area contributed by atoms with Crippen molar-refractivity contribution in [2.75, 3.05) is 11.5 Å². The minimum absolute atomic E-state index is 0.230. The van der Waals surface area contributed by atoms with Crippen LogP contribution in [0.25, 0.3) is 0 Å². The molecule has 29 heavy (non-hydrogen) atoms. The molecule has 0 amide bonds. The van der Waals surface area contributed by atoms with E-state index in [0.29, 0.717) is 24.3 Å². The van der Waals surface area contributed by atoms with Crippen molar-refractivity contribution < 1.29 is 19.8 Å². The van der Waals surface area contributed by atoms with Crippen molar-refractivity contribution >= 4 is 58.3 Å². The number of thiol groups is 2. The van der Waals surface area contributed by atoms with Gasteiger partial charge in [0.25, 0.3) is 0 Å². The summed E-state index contributed by atoms with van der Waals surface area (Å²) in [7, 11) is 0. The zero-order valence-corrected chi connectivity index (χ0v) is 23.7. The van der Waals surface area contributed by atoms with Crippen molar-refractivity contribution in [1.29, 1.82) is 0 Å². The van der Waals surface area contributed by atoms with Crippen molar-refractivity contribution in [3.8, 4) is 0 Å². The van der Waals surface area contributed by atoms with Crippen molar-refractivity contribution in [1.82, 2.24) is 0 Å².